The third-order valence-corrected chi connectivity index (χ3v) is 4.10. The minimum atomic E-state index is -0.978. The van der Waals surface area contributed by atoms with Crippen molar-refractivity contribution in [1.29, 1.82) is 0 Å². The second kappa shape index (κ2) is 5.33. The zero-order valence-corrected chi connectivity index (χ0v) is 11.9. The fourth-order valence-corrected chi connectivity index (χ4v) is 3.03. The molecule has 0 radical (unpaired) electrons. The minimum Gasteiger partial charge on any atom is -0.478 e. The van der Waals surface area contributed by atoms with Gasteiger partial charge in [-0.2, -0.15) is 5.10 Å². The van der Waals surface area contributed by atoms with Crippen molar-refractivity contribution in [2.45, 2.75) is 12.8 Å². The lowest BCUT2D eigenvalue weighted by Crippen LogP contribution is -2.23. The van der Waals surface area contributed by atoms with Gasteiger partial charge in [0.15, 0.2) is 5.65 Å². The molecular formula is C14H18N4O3. The predicted octanol–water partition coefficient (Wildman–Crippen LogP) is 0.875. The van der Waals surface area contributed by atoms with Gasteiger partial charge < -0.3 is 15.1 Å². The number of carbonyl (C=O) groups is 1. The number of carboxylic acid groups (broad SMARTS) is 1. The molecule has 0 aliphatic carbocycles. The number of anilines is 1. The Balaban J connectivity index is 2.07. The molecule has 0 spiro atoms. The summed E-state index contributed by atoms with van der Waals surface area (Å²) in [5.41, 5.74) is 1.58. The van der Waals surface area contributed by atoms with E-state index in [1.165, 1.54) is 6.20 Å². The Labute approximate surface area is 121 Å². The van der Waals surface area contributed by atoms with Gasteiger partial charge in [0, 0.05) is 32.9 Å². The number of fused-ring (bicyclic) bond motifs is 1. The molecule has 1 unspecified atom stereocenters. The van der Waals surface area contributed by atoms with Crippen LogP contribution in [0, 0.1) is 5.92 Å². The molecule has 1 saturated heterocycles. The van der Waals surface area contributed by atoms with E-state index in [0.29, 0.717) is 17.3 Å². The molecule has 1 atom stereocenters. The lowest BCUT2D eigenvalue weighted by molar-refractivity contribution is 0.0697. The van der Waals surface area contributed by atoms with Gasteiger partial charge in [-0.25, -0.2) is 9.78 Å². The standard InChI is InChI=1S/C14H18N4O3/c1-17-13-10(7-16-17)12(11(6-15-13)14(20)21)18-4-2-9(8-18)3-5-19/h6-7,9,19H,2-5,8H2,1H3,(H,20,21). The second-order valence-corrected chi connectivity index (χ2v) is 5.44. The highest BCUT2D eigenvalue weighted by molar-refractivity contribution is 6.03. The average molecular weight is 290 g/mol. The molecule has 2 aromatic rings. The van der Waals surface area contributed by atoms with E-state index in [1.807, 2.05) is 0 Å². The number of aromatic carboxylic acids is 1. The number of pyridine rings is 1. The van der Waals surface area contributed by atoms with Gasteiger partial charge in [-0.15, -0.1) is 0 Å². The Hall–Kier alpha value is -2.15. The first kappa shape index (κ1) is 13.8. The predicted molar refractivity (Wildman–Crippen MR) is 77.5 cm³/mol. The van der Waals surface area contributed by atoms with Crippen LogP contribution in [0.5, 0.6) is 0 Å². The summed E-state index contributed by atoms with van der Waals surface area (Å²) in [7, 11) is 1.79. The molecule has 7 nitrogen and oxygen atoms in total. The number of aromatic nitrogens is 3. The maximum atomic E-state index is 11.5. The maximum absolute atomic E-state index is 11.5. The molecule has 7 heteroatoms. The maximum Gasteiger partial charge on any atom is 0.339 e. The normalized spacial score (nSPS) is 18.6. The summed E-state index contributed by atoms with van der Waals surface area (Å²) in [6, 6.07) is 0. The molecule has 0 saturated carbocycles. The molecule has 0 amide bonds. The van der Waals surface area contributed by atoms with Crippen LogP contribution in [0.1, 0.15) is 23.2 Å². The van der Waals surface area contributed by atoms with Gasteiger partial charge in [0.05, 0.1) is 17.3 Å². The SMILES string of the molecule is Cn1ncc2c(N3CCC(CCO)C3)c(C(=O)O)cnc21. The number of nitrogens with zero attached hydrogens (tertiary/aromatic N) is 4. The van der Waals surface area contributed by atoms with Gasteiger partial charge in [-0.05, 0) is 18.8 Å². The largest absolute Gasteiger partial charge is 0.478 e. The first-order chi connectivity index (χ1) is 10.1. The van der Waals surface area contributed by atoms with Gasteiger partial charge in [0.1, 0.15) is 5.56 Å². The van der Waals surface area contributed by atoms with E-state index in [4.69, 9.17) is 5.11 Å². The molecule has 112 valence electrons. The fourth-order valence-electron chi connectivity index (χ4n) is 3.03. The van der Waals surface area contributed by atoms with Crippen LogP contribution < -0.4 is 4.90 Å². The summed E-state index contributed by atoms with van der Waals surface area (Å²) in [5.74, 6) is -0.578. The Morgan fingerprint density at radius 1 is 1.48 bits per heavy atom. The van der Waals surface area contributed by atoms with E-state index in [2.05, 4.69) is 15.0 Å². The summed E-state index contributed by atoms with van der Waals surface area (Å²) in [6.45, 7) is 1.72. The average Bonchev–Trinajstić information content (AvgIpc) is 3.06. The van der Waals surface area contributed by atoms with Crippen molar-refractivity contribution in [3.63, 3.8) is 0 Å². The number of hydrogen-bond donors (Lipinski definition) is 2. The summed E-state index contributed by atoms with van der Waals surface area (Å²) in [5, 5.41) is 23.4. The Morgan fingerprint density at radius 3 is 3.00 bits per heavy atom. The third-order valence-electron chi connectivity index (χ3n) is 4.10. The van der Waals surface area contributed by atoms with Crippen LogP contribution in [0.3, 0.4) is 0 Å². The molecule has 1 aliphatic heterocycles. The number of aliphatic hydroxyl groups excluding tert-OH is 1. The summed E-state index contributed by atoms with van der Waals surface area (Å²) < 4.78 is 1.64. The highest BCUT2D eigenvalue weighted by Gasteiger charge is 2.28. The van der Waals surface area contributed by atoms with Gasteiger partial charge >= 0.3 is 5.97 Å². The van der Waals surface area contributed by atoms with Crippen LogP contribution in [-0.2, 0) is 7.05 Å². The monoisotopic (exact) mass is 290 g/mol. The van der Waals surface area contributed by atoms with Crippen molar-refractivity contribution in [2.24, 2.45) is 13.0 Å². The molecule has 3 heterocycles. The molecule has 21 heavy (non-hydrogen) atoms. The first-order valence-electron chi connectivity index (χ1n) is 7.01. The third kappa shape index (κ3) is 2.33. The molecule has 0 aromatic carbocycles. The van der Waals surface area contributed by atoms with Crippen LogP contribution in [-0.4, -0.2) is 50.6 Å². The lowest BCUT2D eigenvalue weighted by atomic mass is 10.1. The van der Waals surface area contributed by atoms with Crippen LogP contribution in [0.15, 0.2) is 12.4 Å². The highest BCUT2D eigenvalue weighted by atomic mass is 16.4. The van der Waals surface area contributed by atoms with E-state index in [0.717, 1.165) is 31.3 Å². The fraction of sp³-hybridized carbons (Fsp3) is 0.500. The van der Waals surface area contributed by atoms with E-state index in [9.17, 15) is 9.90 Å². The van der Waals surface area contributed by atoms with Crippen molar-refractivity contribution in [1.82, 2.24) is 14.8 Å². The summed E-state index contributed by atoms with van der Waals surface area (Å²) in [4.78, 5) is 17.8. The van der Waals surface area contributed by atoms with E-state index in [-0.39, 0.29) is 12.2 Å². The van der Waals surface area contributed by atoms with Crippen molar-refractivity contribution < 1.29 is 15.0 Å². The minimum absolute atomic E-state index is 0.170. The molecule has 2 N–H and O–H groups in total. The molecule has 1 aliphatic rings. The zero-order chi connectivity index (χ0) is 15.0. The van der Waals surface area contributed by atoms with Gasteiger partial charge in [-0.1, -0.05) is 0 Å². The smallest absolute Gasteiger partial charge is 0.339 e. The van der Waals surface area contributed by atoms with Crippen molar-refractivity contribution in [3.05, 3.63) is 18.0 Å². The topological polar surface area (TPSA) is 91.5 Å². The van der Waals surface area contributed by atoms with Gasteiger partial charge in [0.2, 0.25) is 0 Å². The van der Waals surface area contributed by atoms with E-state index < -0.39 is 5.97 Å². The second-order valence-electron chi connectivity index (χ2n) is 5.44. The number of rotatable bonds is 4. The van der Waals surface area contributed by atoms with Gasteiger partial charge in [-0.3, -0.25) is 4.68 Å². The Kier molecular flexibility index (Phi) is 3.50. The number of hydrogen-bond acceptors (Lipinski definition) is 5. The van der Waals surface area contributed by atoms with E-state index in [1.54, 1.807) is 17.9 Å². The zero-order valence-electron chi connectivity index (χ0n) is 11.9. The molecule has 3 rings (SSSR count). The van der Waals surface area contributed by atoms with Crippen LogP contribution in [0.25, 0.3) is 11.0 Å². The van der Waals surface area contributed by atoms with E-state index >= 15 is 0 Å². The molecule has 1 fully saturated rings. The lowest BCUT2D eigenvalue weighted by Gasteiger charge is -2.21. The number of aliphatic hydroxyl groups is 1. The summed E-state index contributed by atoms with van der Waals surface area (Å²) in [6.07, 6.45) is 4.79. The van der Waals surface area contributed by atoms with Crippen LogP contribution in [0.4, 0.5) is 5.69 Å². The number of carboxylic acids is 1. The van der Waals surface area contributed by atoms with Crippen LogP contribution >= 0.6 is 0 Å². The quantitative estimate of drug-likeness (QED) is 0.868. The van der Waals surface area contributed by atoms with Crippen molar-refractivity contribution in [2.75, 3.05) is 24.6 Å². The summed E-state index contributed by atoms with van der Waals surface area (Å²) >= 11 is 0. The van der Waals surface area contributed by atoms with Crippen molar-refractivity contribution >= 4 is 22.7 Å². The number of aryl methyl sites for hydroxylation is 1. The highest BCUT2D eigenvalue weighted by Crippen LogP contribution is 2.33. The van der Waals surface area contributed by atoms with Gasteiger partial charge in [0.25, 0.3) is 0 Å². The van der Waals surface area contributed by atoms with Crippen LogP contribution in [0.2, 0.25) is 0 Å². The molecule has 2 aromatic heterocycles. The van der Waals surface area contributed by atoms with Crippen molar-refractivity contribution in [3.8, 4) is 0 Å². The Morgan fingerprint density at radius 2 is 2.29 bits per heavy atom. The molecular weight excluding hydrogens is 272 g/mol. The first-order valence-corrected chi connectivity index (χ1v) is 7.01. The Bertz CT molecular complexity index is 682. The molecule has 0 bridgehead atoms.